The zero-order valence-corrected chi connectivity index (χ0v) is 12.9. The molecule has 1 aromatic rings. The van der Waals surface area contributed by atoms with Gasteiger partial charge in [0, 0.05) is 0 Å². The highest BCUT2D eigenvalue weighted by Gasteiger charge is 2.25. The normalized spacial score (nSPS) is 15.1. The monoisotopic (exact) mass is 303 g/mol. The summed E-state index contributed by atoms with van der Waals surface area (Å²) in [6, 6.07) is 2.31. The largest absolute Gasteiger partial charge is 0.463 e. The third kappa shape index (κ3) is 2.93. The van der Waals surface area contributed by atoms with E-state index in [1.807, 2.05) is 0 Å². The highest BCUT2D eigenvalue weighted by Crippen LogP contribution is 2.38. The summed E-state index contributed by atoms with van der Waals surface area (Å²) in [7, 11) is 0. The fourth-order valence-electron chi connectivity index (χ4n) is 3.43. The zero-order valence-electron chi connectivity index (χ0n) is 12.9. The van der Waals surface area contributed by atoms with E-state index >= 15 is 0 Å². The molecule has 0 bridgehead atoms. The minimum atomic E-state index is -0.581. The Hall–Kier alpha value is -2.04. The van der Waals surface area contributed by atoms with Crippen LogP contribution in [0.1, 0.15) is 42.0 Å². The standard InChI is InChI=1S/C17H21NO4/c1-2-21-15(19)10-22-17(20)18-16-13-7-3-5-11(13)9-12-6-4-8-14(12)16/h9H,2-8,10H2,1H3,(H,18,20). The van der Waals surface area contributed by atoms with Crippen LogP contribution < -0.4 is 5.32 Å². The number of benzene rings is 1. The molecule has 0 aliphatic heterocycles. The van der Waals surface area contributed by atoms with Crippen LogP contribution in [-0.2, 0) is 40.0 Å². The van der Waals surface area contributed by atoms with Crippen molar-refractivity contribution in [1.82, 2.24) is 0 Å². The number of esters is 1. The molecule has 0 atom stereocenters. The second-order valence-corrected chi connectivity index (χ2v) is 5.74. The maximum atomic E-state index is 12.0. The van der Waals surface area contributed by atoms with Crippen molar-refractivity contribution >= 4 is 17.7 Å². The summed E-state index contributed by atoms with van der Waals surface area (Å²) in [5.74, 6) is -0.527. The molecule has 5 nitrogen and oxygen atoms in total. The van der Waals surface area contributed by atoms with Crippen molar-refractivity contribution in [3.05, 3.63) is 28.3 Å². The van der Waals surface area contributed by atoms with Crippen molar-refractivity contribution in [1.29, 1.82) is 0 Å². The van der Waals surface area contributed by atoms with Gasteiger partial charge < -0.3 is 9.47 Å². The highest BCUT2D eigenvalue weighted by molar-refractivity contribution is 5.89. The van der Waals surface area contributed by atoms with Gasteiger partial charge >= 0.3 is 12.1 Å². The summed E-state index contributed by atoms with van der Waals surface area (Å²) in [6.07, 6.45) is 5.83. The molecular formula is C17H21NO4. The number of aryl methyl sites for hydroxylation is 2. The molecule has 0 spiro atoms. The molecule has 0 saturated carbocycles. The molecule has 2 aliphatic carbocycles. The summed E-state index contributed by atoms with van der Waals surface area (Å²) >= 11 is 0. The third-order valence-corrected chi connectivity index (χ3v) is 4.33. The van der Waals surface area contributed by atoms with E-state index in [2.05, 4.69) is 11.4 Å². The Morgan fingerprint density at radius 2 is 1.68 bits per heavy atom. The molecule has 3 rings (SSSR count). The molecule has 1 aromatic carbocycles. The lowest BCUT2D eigenvalue weighted by molar-refractivity contribution is -0.146. The van der Waals surface area contributed by atoms with E-state index in [0.29, 0.717) is 0 Å². The van der Waals surface area contributed by atoms with E-state index < -0.39 is 12.1 Å². The van der Waals surface area contributed by atoms with E-state index in [-0.39, 0.29) is 13.2 Å². The third-order valence-electron chi connectivity index (χ3n) is 4.33. The van der Waals surface area contributed by atoms with Crippen molar-refractivity contribution in [3.63, 3.8) is 0 Å². The number of carbonyl (C=O) groups excluding carboxylic acids is 2. The average Bonchev–Trinajstić information content (AvgIpc) is 3.13. The van der Waals surface area contributed by atoms with Crippen LogP contribution in [0.5, 0.6) is 0 Å². The van der Waals surface area contributed by atoms with Crippen molar-refractivity contribution < 1.29 is 19.1 Å². The van der Waals surface area contributed by atoms with Crippen molar-refractivity contribution in [2.75, 3.05) is 18.5 Å². The Morgan fingerprint density at radius 3 is 2.27 bits per heavy atom. The average molecular weight is 303 g/mol. The molecule has 1 N–H and O–H groups in total. The number of rotatable bonds is 4. The van der Waals surface area contributed by atoms with Crippen LogP contribution in [0, 0.1) is 0 Å². The number of hydrogen-bond acceptors (Lipinski definition) is 4. The second kappa shape index (κ2) is 6.38. The van der Waals surface area contributed by atoms with E-state index in [1.165, 1.54) is 22.3 Å². The van der Waals surface area contributed by atoms with Gasteiger partial charge in [0.2, 0.25) is 0 Å². The SMILES string of the molecule is CCOC(=O)COC(=O)Nc1c2c(cc3c1CCC3)CCC2. The van der Waals surface area contributed by atoms with Gasteiger partial charge in [-0.05, 0) is 67.7 Å². The van der Waals surface area contributed by atoms with Gasteiger partial charge in [-0.15, -0.1) is 0 Å². The molecular weight excluding hydrogens is 282 g/mol. The smallest absolute Gasteiger partial charge is 0.412 e. The van der Waals surface area contributed by atoms with E-state index in [9.17, 15) is 9.59 Å². The van der Waals surface area contributed by atoms with Crippen LogP contribution in [-0.4, -0.2) is 25.3 Å². The maximum absolute atomic E-state index is 12.0. The van der Waals surface area contributed by atoms with Gasteiger partial charge in [0.15, 0.2) is 6.61 Å². The van der Waals surface area contributed by atoms with Gasteiger partial charge in [-0.3, -0.25) is 5.32 Å². The Balaban J connectivity index is 1.72. The van der Waals surface area contributed by atoms with Crippen LogP contribution >= 0.6 is 0 Å². The van der Waals surface area contributed by atoms with Crippen molar-refractivity contribution in [2.45, 2.75) is 45.4 Å². The number of ether oxygens (including phenoxy) is 2. The lowest BCUT2D eigenvalue weighted by Gasteiger charge is -2.15. The molecule has 0 unspecified atom stereocenters. The van der Waals surface area contributed by atoms with Crippen molar-refractivity contribution in [2.24, 2.45) is 0 Å². The lowest BCUT2D eigenvalue weighted by atomic mass is 9.99. The highest BCUT2D eigenvalue weighted by atomic mass is 16.6. The van der Waals surface area contributed by atoms with Gasteiger partial charge in [0.05, 0.1) is 12.3 Å². The number of carbonyl (C=O) groups is 2. The van der Waals surface area contributed by atoms with Gasteiger partial charge in [0.25, 0.3) is 0 Å². The fourth-order valence-corrected chi connectivity index (χ4v) is 3.43. The topological polar surface area (TPSA) is 64.6 Å². The molecule has 5 heteroatoms. The molecule has 0 radical (unpaired) electrons. The lowest BCUT2D eigenvalue weighted by Crippen LogP contribution is -2.21. The molecule has 22 heavy (non-hydrogen) atoms. The van der Waals surface area contributed by atoms with Gasteiger partial charge in [0.1, 0.15) is 0 Å². The van der Waals surface area contributed by atoms with Crippen LogP contribution in [0.4, 0.5) is 10.5 Å². The first-order valence-corrected chi connectivity index (χ1v) is 7.95. The van der Waals surface area contributed by atoms with Crippen LogP contribution in [0.3, 0.4) is 0 Å². The minimum Gasteiger partial charge on any atom is -0.463 e. The predicted octanol–water partition coefficient (Wildman–Crippen LogP) is 2.78. The minimum absolute atomic E-state index is 0.281. The first-order chi connectivity index (χ1) is 10.7. The maximum Gasteiger partial charge on any atom is 0.412 e. The summed E-state index contributed by atoms with van der Waals surface area (Å²) in [4.78, 5) is 23.2. The Morgan fingerprint density at radius 1 is 1.05 bits per heavy atom. The molecule has 2 aliphatic rings. The van der Waals surface area contributed by atoms with Crippen LogP contribution in [0.2, 0.25) is 0 Å². The summed E-state index contributed by atoms with van der Waals surface area (Å²) in [5.41, 5.74) is 6.11. The first kappa shape index (κ1) is 14.9. The Bertz CT molecular complexity index is 577. The Labute approximate surface area is 130 Å². The summed E-state index contributed by atoms with van der Waals surface area (Å²) in [5, 5.41) is 2.87. The molecule has 0 aromatic heterocycles. The van der Waals surface area contributed by atoms with Gasteiger partial charge in [-0.25, -0.2) is 9.59 Å². The van der Waals surface area contributed by atoms with Crippen LogP contribution in [0.25, 0.3) is 0 Å². The molecule has 118 valence electrons. The summed E-state index contributed by atoms with van der Waals surface area (Å²) in [6.45, 7) is 1.65. The van der Waals surface area contributed by atoms with E-state index in [4.69, 9.17) is 9.47 Å². The summed E-state index contributed by atoms with van der Waals surface area (Å²) < 4.78 is 9.70. The number of nitrogens with one attached hydrogen (secondary N) is 1. The number of fused-ring (bicyclic) bond motifs is 2. The van der Waals surface area contributed by atoms with Crippen LogP contribution in [0.15, 0.2) is 6.07 Å². The van der Waals surface area contributed by atoms with E-state index in [0.717, 1.165) is 44.2 Å². The van der Waals surface area contributed by atoms with Crippen molar-refractivity contribution in [3.8, 4) is 0 Å². The fraction of sp³-hybridized carbons (Fsp3) is 0.529. The van der Waals surface area contributed by atoms with Gasteiger partial charge in [-0.2, -0.15) is 0 Å². The first-order valence-electron chi connectivity index (χ1n) is 7.95. The molecule has 0 saturated heterocycles. The molecule has 0 heterocycles. The van der Waals surface area contributed by atoms with E-state index in [1.54, 1.807) is 6.92 Å². The molecule has 0 fully saturated rings. The predicted molar refractivity (Wildman–Crippen MR) is 82.1 cm³/mol. The molecule has 1 amide bonds. The number of anilines is 1. The second-order valence-electron chi connectivity index (χ2n) is 5.74. The Kier molecular flexibility index (Phi) is 4.32. The number of hydrogen-bond donors (Lipinski definition) is 1. The number of amides is 1. The quantitative estimate of drug-likeness (QED) is 0.869. The zero-order chi connectivity index (χ0) is 15.5. The van der Waals surface area contributed by atoms with Gasteiger partial charge in [-0.1, -0.05) is 6.07 Å².